The van der Waals surface area contributed by atoms with Gasteiger partial charge < -0.3 is 24.8 Å². The Morgan fingerprint density at radius 1 is 1.08 bits per heavy atom. The maximum Gasteiger partial charge on any atom is 0.186 e. The highest BCUT2D eigenvalue weighted by Crippen LogP contribution is 2.20. The van der Waals surface area contributed by atoms with Crippen LogP contribution < -0.4 is 0 Å². The molecule has 1 aliphatic heterocycles. The Labute approximate surface area is 70.5 Å². The summed E-state index contributed by atoms with van der Waals surface area (Å²) < 4.78 is 9.80. The number of ether oxygens (including phenoxy) is 2. The molecular formula is C7H14O5. The number of aliphatic hydroxyl groups excluding tert-OH is 3. The molecule has 0 amide bonds. The average molecular weight is 178 g/mol. The van der Waals surface area contributed by atoms with Crippen LogP contribution in [0.5, 0.6) is 0 Å². The van der Waals surface area contributed by atoms with E-state index in [-0.39, 0.29) is 0 Å². The van der Waals surface area contributed by atoms with Crippen LogP contribution >= 0.6 is 0 Å². The Kier molecular flexibility index (Phi) is 3.03. The van der Waals surface area contributed by atoms with E-state index in [1.807, 2.05) is 0 Å². The lowest BCUT2D eigenvalue weighted by atomic mass is 10.0. The first-order chi connectivity index (χ1) is 5.57. The fourth-order valence-electron chi connectivity index (χ4n) is 1.21. The minimum atomic E-state index is -1.21. The summed E-state index contributed by atoms with van der Waals surface area (Å²) in [5.41, 5.74) is 0. The molecule has 5 atom stereocenters. The molecule has 1 fully saturated rings. The molecule has 5 heteroatoms. The van der Waals surface area contributed by atoms with E-state index in [9.17, 15) is 15.3 Å². The van der Waals surface area contributed by atoms with E-state index >= 15 is 0 Å². The van der Waals surface area contributed by atoms with Crippen LogP contribution in [0.4, 0.5) is 0 Å². The fraction of sp³-hybridized carbons (Fsp3) is 1.00. The van der Waals surface area contributed by atoms with Gasteiger partial charge >= 0.3 is 0 Å². The summed E-state index contributed by atoms with van der Waals surface area (Å²) in [4.78, 5) is 0. The second kappa shape index (κ2) is 3.68. The molecular weight excluding hydrogens is 164 g/mol. The van der Waals surface area contributed by atoms with Crippen molar-refractivity contribution in [2.45, 2.75) is 37.6 Å². The van der Waals surface area contributed by atoms with Gasteiger partial charge in [-0.2, -0.15) is 0 Å². The first-order valence-corrected chi connectivity index (χ1v) is 3.80. The van der Waals surface area contributed by atoms with Crippen LogP contribution in [-0.4, -0.2) is 53.1 Å². The molecule has 3 unspecified atom stereocenters. The molecule has 0 aliphatic carbocycles. The van der Waals surface area contributed by atoms with Gasteiger partial charge in [0.25, 0.3) is 0 Å². The van der Waals surface area contributed by atoms with E-state index in [2.05, 4.69) is 0 Å². The van der Waals surface area contributed by atoms with Gasteiger partial charge in [0, 0.05) is 7.11 Å². The predicted molar refractivity (Wildman–Crippen MR) is 39.4 cm³/mol. The molecule has 1 rings (SSSR count). The summed E-state index contributed by atoms with van der Waals surface area (Å²) in [5.74, 6) is 0. The van der Waals surface area contributed by atoms with Gasteiger partial charge in [0.15, 0.2) is 6.29 Å². The van der Waals surface area contributed by atoms with Gasteiger partial charge in [0.2, 0.25) is 0 Å². The van der Waals surface area contributed by atoms with Gasteiger partial charge in [-0.3, -0.25) is 0 Å². The average Bonchev–Trinajstić information content (AvgIpc) is 2.08. The van der Waals surface area contributed by atoms with E-state index in [1.165, 1.54) is 7.11 Å². The van der Waals surface area contributed by atoms with Crippen molar-refractivity contribution in [3.63, 3.8) is 0 Å². The monoisotopic (exact) mass is 178 g/mol. The topological polar surface area (TPSA) is 79.2 Å². The van der Waals surface area contributed by atoms with Crippen LogP contribution in [0, 0.1) is 0 Å². The van der Waals surface area contributed by atoms with Crippen molar-refractivity contribution < 1.29 is 24.8 Å². The van der Waals surface area contributed by atoms with Crippen LogP contribution in [0.2, 0.25) is 0 Å². The van der Waals surface area contributed by atoms with E-state index < -0.39 is 30.7 Å². The van der Waals surface area contributed by atoms with Crippen molar-refractivity contribution in [3.8, 4) is 0 Å². The molecule has 72 valence electrons. The number of rotatable bonds is 1. The molecule has 0 saturated carbocycles. The number of methoxy groups -OCH3 is 1. The highest BCUT2D eigenvalue weighted by atomic mass is 16.7. The lowest BCUT2D eigenvalue weighted by Crippen LogP contribution is -2.57. The molecule has 1 saturated heterocycles. The quantitative estimate of drug-likeness (QED) is 0.453. The van der Waals surface area contributed by atoms with Crippen molar-refractivity contribution in [3.05, 3.63) is 0 Å². The van der Waals surface area contributed by atoms with Crippen LogP contribution in [0.25, 0.3) is 0 Å². The SMILES string of the molecule is COC1OC(C)[C@H](O)C(O)[C@@H]1O. The predicted octanol–water partition coefficient (Wildman–Crippen LogP) is -1.54. The van der Waals surface area contributed by atoms with Gasteiger partial charge in [0.05, 0.1) is 6.10 Å². The number of aliphatic hydroxyl groups is 3. The Balaban J connectivity index is 2.63. The summed E-state index contributed by atoms with van der Waals surface area (Å²) in [5, 5.41) is 27.8. The molecule has 0 aromatic carbocycles. The lowest BCUT2D eigenvalue weighted by molar-refractivity contribution is -0.286. The van der Waals surface area contributed by atoms with Crippen molar-refractivity contribution >= 4 is 0 Å². The third-order valence-electron chi connectivity index (χ3n) is 2.04. The molecule has 5 nitrogen and oxygen atoms in total. The van der Waals surface area contributed by atoms with Gasteiger partial charge in [-0.15, -0.1) is 0 Å². The van der Waals surface area contributed by atoms with Crippen molar-refractivity contribution in [2.24, 2.45) is 0 Å². The molecule has 0 spiro atoms. The number of hydrogen-bond donors (Lipinski definition) is 3. The smallest absolute Gasteiger partial charge is 0.186 e. The third kappa shape index (κ3) is 1.60. The molecule has 0 aromatic heterocycles. The van der Waals surface area contributed by atoms with Crippen molar-refractivity contribution in [2.75, 3.05) is 7.11 Å². The summed E-state index contributed by atoms with van der Waals surface area (Å²) in [7, 11) is 1.37. The normalized spacial score (nSPS) is 49.2. The zero-order valence-electron chi connectivity index (χ0n) is 7.04. The Bertz CT molecular complexity index is 146. The first-order valence-electron chi connectivity index (χ1n) is 3.80. The zero-order chi connectivity index (χ0) is 9.30. The Hall–Kier alpha value is -0.200. The molecule has 0 radical (unpaired) electrons. The minimum Gasteiger partial charge on any atom is -0.388 e. The largest absolute Gasteiger partial charge is 0.388 e. The van der Waals surface area contributed by atoms with Crippen LogP contribution in [0.1, 0.15) is 6.92 Å². The summed E-state index contributed by atoms with van der Waals surface area (Å²) >= 11 is 0. The highest BCUT2D eigenvalue weighted by Gasteiger charge is 2.41. The van der Waals surface area contributed by atoms with Gasteiger partial charge in [-0.25, -0.2) is 0 Å². The summed E-state index contributed by atoms with van der Waals surface area (Å²) in [6.45, 7) is 1.60. The molecule has 0 aromatic rings. The van der Waals surface area contributed by atoms with Gasteiger partial charge in [-0.1, -0.05) is 0 Å². The van der Waals surface area contributed by atoms with Crippen molar-refractivity contribution in [1.29, 1.82) is 0 Å². The fourth-order valence-corrected chi connectivity index (χ4v) is 1.21. The summed E-state index contributed by atoms with van der Waals surface area (Å²) in [6, 6.07) is 0. The van der Waals surface area contributed by atoms with Gasteiger partial charge in [0.1, 0.15) is 18.3 Å². The zero-order valence-corrected chi connectivity index (χ0v) is 7.04. The first kappa shape index (κ1) is 9.88. The third-order valence-corrected chi connectivity index (χ3v) is 2.04. The van der Waals surface area contributed by atoms with Gasteiger partial charge in [-0.05, 0) is 6.92 Å². The highest BCUT2D eigenvalue weighted by molar-refractivity contribution is 4.86. The summed E-state index contributed by atoms with van der Waals surface area (Å²) in [6.07, 6.45) is -4.86. The van der Waals surface area contributed by atoms with Crippen molar-refractivity contribution in [1.82, 2.24) is 0 Å². The maximum absolute atomic E-state index is 9.27. The standard InChI is InChI=1S/C7H14O5/c1-3-4(8)5(9)6(10)7(11-2)12-3/h3-10H,1-2H3/t3?,4-,5?,6-,7?/m0/s1. The lowest BCUT2D eigenvalue weighted by Gasteiger charge is -2.38. The van der Waals surface area contributed by atoms with E-state index in [4.69, 9.17) is 9.47 Å². The van der Waals surface area contributed by atoms with Crippen LogP contribution in [0.15, 0.2) is 0 Å². The second-order valence-corrected chi connectivity index (χ2v) is 2.92. The minimum absolute atomic E-state index is 0.534. The number of hydrogen-bond acceptors (Lipinski definition) is 5. The Morgan fingerprint density at radius 3 is 2.17 bits per heavy atom. The molecule has 3 N–H and O–H groups in total. The Morgan fingerprint density at radius 2 is 1.67 bits per heavy atom. The molecule has 1 aliphatic rings. The van der Waals surface area contributed by atoms with Crippen LogP contribution in [-0.2, 0) is 9.47 Å². The molecule has 1 heterocycles. The van der Waals surface area contributed by atoms with Crippen LogP contribution in [0.3, 0.4) is 0 Å². The molecule has 12 heavy (non-hydrogen) atoms. The molecule has 0 bridgehead atoms. The maximum atomic E-state index is 9.27. The van der Waals surface area contributed by atoms with E-state index in [1.54, 1.807) is 6.92 Å². The van der Waals surface area contributed by atoms with E-state index in [0.717, 1.165) is 0 Å². The van der Waals surface area contributed by atoms with E-state index in [0.29, 0.717) is 0 Å². The second-order valence-electron chi connectivity index (χ2n) is 2.92.